The summed E-state index contributed by atoms with van der Waals surface area (Å²) in [6.07, 6.45) is 1.12. The van der Waals surface area contributed by atoms with Crippen LogP contribution in [0.3, 0.4) is 0 Å². The largest absolute Gasteiger partial charge is 0.326 e. The van der Waals surface area contributed by atoms with Crippen LogP contribution in [0.25, 0.3) is 0 Å². The molecule has 0 heterocycles. The summed E-state index contributed by atoms with van der Waals surface area (Å²) in [7, 11) is 0. The van der Waals surface area contributed by atoms with Crippen LogP contribution in [0.4, 0.5) is 0 Å². The maximum absolute atomic E-state index is 12.6. The Morgan fingerprint density at radius 2 is 1.26 bits per heavy atom. The molecule has 136 valence electrons. The van der Waals surface area contributed by atoms with E-state index < -0.39 is 6.17 Å². The van der Waals surface area contributed by atoms with Gasteiger partial charge in [-0.1, -0.05) is 59.1 Å². The molecule has 3 nitrogen and oxygen atoms in total. The van der Waals surface area contributed by atoms with Gasteiger partial charge in [-0.3, -0.25) is 9.79 Å². The van der Waals surface area contributed by atoms with Crippen molar-refractivity contribution in [2.45, 2.75) is 6.17 Å². The molecule has 3 aromatic carbocycles. The van der Waals surface area contributed by atoms with Gasteiger partial charge in [0.1, 0.15) is 6.17 Å². The molecule has 0 saturated carbocycles. The lowest BCUT2D eigenvalue weighted by Gasteiger charge is -2.15. The average molecular weight is 418 g/mol. The molecule has 0 unspecified atom stereocenters. The highest BCUT2D eigenvalue weighted by Gasteiger charge is 2.14. The predicted octanol–water partition coefficient (Wildman–Crippen LogP) is 6.19. The van der Waals surface area contributed by atoms with Gasteiger partial charge in [0.2, 0.25) is 0 Å². The molecule has 0 aromatic heterocycles. The quantitative estimate of drug-likeness (QED) is 0.494. The lowest BCUT2D eigenvalue weighted by Crippen LogP contribution is -2.27. The second-order valence-corrected chi connectivity index (χ2v) is 7.07. The molecule has 0 aliphatic carbocycles. The zero-order chi connectivity index (χ0) is 19.2. The highest BCUT2D eigenvalue weighted by molar-refractivity contribution is 6.31. The number of hydrogen-bond donors (Lipinski definition) is 1. The molecule has 1 atom stereocenters. The molecule has 0 radical (unpaired) electrons. The number of nitrogens with one attached hydrogen (secondary N) is 1. The van der Waals surface area contributed by atoms with Gasteiger partial charge in [0.15, 0.2) is 0 Å². The van der Waals surface area contributed by atoms with Gasteiger partial charge in [-0.15, -0.1) is 0 Å². The Kier molecular flexibility index (Phi) is 6.51. The van der Waals surface area contributed by atoms with E-state index >= 15 is 0 Å². The normalized spacial score (nSPS) is 12.1. The van der Waals surface area contributed by atoms with Crippen molar-refractivity contribution in [2.24, 2.45) is 4.99 Å². The summed E-state index contributed by atoms with van der Waals surface area (Å²) in [5, 5.41) is 4.76. The number of halogens is 3. The first kappa shape index (κ1) is 19.4. The number of carbonyl (C=O) groups excluding carboxylic acids is 1. The van der Waals surface area contributed by atoms with Gasteiger partial charge in [-0.05, 0) is 59.7 Å². The van der Waals surface area contributed by atoms with E-state index in [1.54, 1.807) is 54.7 Å². The monoisotopic (exact) mass is 416 g/mol. The van der Waals surface area contributed by atoms with Crippen LogP contribution in [0.15, 0.2) is 77.8 Å². The number of rotatable bonds is 5. The molecule has 0 spiro atoms. The fourth-order valence-corrected chi connectivity index (χ4v) is 2.75. The van der Waals surface area contributed by atoms with E-state index in [0.29, 0.717) is 20.6 Å². The molecular weight excluding hydrogens is 403 g/mol. The number of aliphatic imine (C=N–C) groups is 1. The van der Waals surface area contributed by atoms with Crippen LogP contribution in [-0.4, -0.2) is 12.1 Å². The molecule has 27 heavy (non-hydrogen) atoms. The number of hydrogen-bond acceptors (Lipinski definition) is 2. The Balaban J connectivity index is 1.84. The van der Waals surface area contributed by atoms with E-state index in [4.69, 9.17) is 34.8 Å². The number of amides is 1. The Labute approximate surface area is 172 Å². The summed E-state index contributed by atoms with van der Waals surface area (Å²) in [5.41, 5.74) is 2.19. The predicted molar refractivity (Wildman–Crippen MR) is 112 cm³/mol. The smallest absolute Gasteiger partial charge is 0.253 e. The van der Waals surface area contributed by atoms with Crippen LogP contribution in [-0.2, 0) is 0 Å². The zero-order valence-corrected chi connectivity index (χ0v) is 16.3. The minimum Gasteiger partial charge on any atom is -0.326 e. The van der Waals surface area contributed by atoms with Gasteiger partial charge in [-0.2, -0.15) is 0 Å². The SMILES string of the molecule is O=C(N[C@@H](N=Cc1ccc(Cl)cc1)c1ccc(Cl)cc1)c1ccc(Cl)cc1. The van der Waals surface area contributed by atoms with E-state index in [1.165, 1.54) is 0 Å². The van der Waals surface area contributed by atoms with Crippen molar-refractivity contribution in [3.63, 3.8) is 0 Å². The zero-order valence-electron chi connectivity index (χ0n) is 14.1. The van der Waals surface area contributed by atoms with Crippen molar-refractivity contribution in [1.82, 2.24) is 5.32 Å². The molecule has 0 fully saturated rings. The number of benzene rings is 3. The third-order valence-corrected chi connectivity index (χ3v) is 4.56. The summed E-state index contributed by atoms with van der Waals surface area (Å²) in [4.78, 5) is 17.1. The first-order chi connectivity index (χ1) is 13.0. The van der Waals surface area contributed by atoms with Crippen LogP contribution in [0, 0.1) is 0 Å². The molecule has 1 N–H and O–H groups in total. The van der Waals surface area contributed by atoms with Crippen molar-refractivity contribution in [1.29, 1.82) is 0 Å². The van der Waals surface area contributed by atoms with Gasteiger partial charge in [0.25, 0.3) is 5.91 Å². The van der Waals surface area contributed by atoms with Gasteiger partial charge >= 0.3 is 0 Å². The van der Waals surface area contributed by atoms with Crippen molar-refractivity contribution < 1.29 is 4.79 Å². The van der Waals surface area contributed by atoms with E-state index in [0.717, 1.165) is 11.1 Å². The topological polar surface area (TPSA) is 41.5 Å². The fraction of sp³-hybridized carbons (Fsp3) is 0.0476. The molecule has 6 heteroatoms. The Morgan fingerprint density at radius 1 is 0.778 bits per heavy atom. The van der Waals surface area contributed by atoms with E-state index in [1.807, 2.05) is 24.3 Å². The van der Waals surface area contributed by atoms with Crippen LogP contribution in [0.1, 0.15) is 27.7 Å². The summed E-state index contributed by atoms with van der Waals surface area (Å²) >= 11 is 17.8. The standard InChI is InChI=1S/C21H15Cl3N2O/c22-17-7-1-14(2-8-17)13-25-20(15-3-9-18(23)10-4-15)26-21(27)16-5-11-19(24)12-6-16/h1-13,20H,(H,26,27)/t20-/m1/s1. The summed E-state index contributed by atoms with van der Waals surface area (Å²) in [6.45, 7) is 0. The molecule has 0 saturated heterocycles. The van der Waals surface area contributed by atoms with Crippen LogP contribution in [0.2, 0.25) is 15.1 Å². The second-order valence-electron chi connectivity index (χ2n) is 5.76. The Hall–Kier alpha value is -2.33. The Bertz CT molecular complexity index is 937. The summed E-state index contributed by atoms with van der Waals surface area (Å²) < 4.78 is 0. The van der Waals surface area contributed by atoms with Gasteiger partial charge in [-0.25, -0.2) is 0 Å². The van der Waals surface area contributed by atoms with E-state index in [-0.39, 0.29) is 5.91 Å². The first-order valence-electron chi connectivity index (χ1n) is 8.12. The van der Waals surface area contributed by atoms with E-state index in [2.05, 4.69) is 10.3 Å². The fourth-order valence-electron chi connectivity index (χ4n) is 2.37. The van der Waals surface area contributed by atoms with Gasteiger partial charge in [0, 0.05) is 26.8 Å². The molecule has 1 amide bonds. The molecule has 0 bridgehead atoms. The van der Waals surface area contributed by atoms with E-state index in [9.17, 15) is 4.79 Å². The third kappa shape index (κ3) is 5.57. The van der Waals surface area contributed by atoms with Crippen LogP contribution >= 0.6 is 34.8 Å². The summed E-state index contributed by atoms with van der Waals surface area (Å²) in [5.74, 6) is -0.250. The molecule has 3 rings (SSSR count). The maximum atomic E-state index is 12.6. The minimum absolute atomic E-state index is 0.250. The van der Waals surface area contributed by atoms with Crippen molar-refractivity contribution in [3.05, 3.63) is 105 Å². The highest BCUT2D eigenvalue weighted by atomic mass is 35.5. The van der Waals surface area contributed by atoms with Crippen LogP contribution < -0.4 is 5.32 Å². The van der Waals surface area contributed by atoms with Crippen LogP contribution in [0.5, 0.6) is 0 Å². The Morgan fingerprint density at radius 3 is 1.81 bits per heavy atom. The number of carbonyl (C=O) groups is 1. The third-order valence-electron chi connectivity index (χ3n) is 3.80. The minimum atomic E-state index is -0.568. The first-order valence-corrected chi connectivity index (χ1v) is 9.25. The molecule has 0 aliphatic heterocycles. The molecular formula is C21H15Cl3N2O. The van der Waals surface area contributed by atoms with Gasteiger partial charge in [0.05, 0.1) is 0 Å². The van der Waals surface area contributed by atoms with Crippen molar-refractivity contribution in [2.75, 3.05) is 0 Å². The van der Waals surface area contributed by atoms with Crippen molar-refractivity contribution in [3.8, 4) is 0 Å². The van der Waals surface area contributed by atoms with Gasteiger partial charge < -0.3 is 5.32 Å². The summed E-state index contributed by atoms with van der Waals surface area (Å²) in [6, 6.07) is 21.1. The molecule has 0 aliphatic rings. The number of nitrogens with zero attached hydrogens (tertiary/aromatic N) is 1. The molecule has 3 aromatic rings. The maximum Gasteiger partial charge on any atom is 0.253 e. The lowest BCUT2D eigenvalue weighted by molar-refractivity contribution is 0.0938. The highest BCUT2D eigenvalue weighted by Crippen LogP contribution is 2.19. The van der Waals surface area contributed by atoms with Crippen molar-refractivity contribution >= 4 is 46.9 Å². The second kappa shape index (κ2) is 9.05. The average Bonchev–Trinajstić information content (AvgIpc) is 2.67. The lowest BCUT2D eigenvalue weighted by atomic mass is 10.1.